The van der Waals surface area contributed by atoms with Crippen molar-refractivity contribution in [2.24, 2.45) is 0 Å². The van der Waals surface area contributed by atoms with Crippen molar-refractivity contribution in [2.45, 2.75) is 25.7 Å². The summed E-state index contributed by atoms with van der Waals surface area (Å²) in [6.07, 6.45) is 15.0. The molecule has 0 fully saturated rings. The van der Waals surface area contributed by atoms with Crippen LogP contribution in [0.15, 0.2) is 12.2 Å². The third kappa shape index (κ3) is 6.51. The summed E-state index contributed by atoms with van der Waals surface area (Å²) >= 11 is 2.02. The molecule has 0 radical (unpaired) electrons. The number of rotatable bonds is 0. The molecule has 0 amide bonds. The summed E-state index contributed by atoms with van der Waals surface area (Å²) in [5.74, 6) is 0. The molecule has 0 spiro atoms. The minimum atomic E-state index is 1.08. The van der Waals surface area contributed by atoms with Gasteiger partial charge in [0.1, 0.15) is 0 Å². The summed E-state index contributed by atoms with van der Waals surface area (Å²) in [5.41, 5.74) is 0. The second-order valence-electron chi connectivity index (χ2n) is 1.89. The first-order valence-corrected chi connectivity index (χ1v) is 5.34. The van der Waals surface area contributed by atoms with Gasteiger partial charge in [0.05, 0.1) is 0 Å². The van der Waals surface area contributed by atoms with Gasteiger partial charge in [-0.25, -0.2) is 0 Å². The molecule has 0 atom stereocenters. The van der Waals surface area contributed by atoms with Crippen LogP contribution in [0.4, 0.5) is 0 Å². The predicted molar refractivity (Wildman–Crippen MR) is 39.9 cm³/mol. The summed E-state index contributed by atoms with van der Waals surface area (Å²) in [6.45, 7) is 0. The van der Waals surface area contributed by atoms with E-state index >= 15 is 0 Å². The molecule has 0 heterocycles. The van der Waals surface area contributed by atoms with E-state index in [0.717, 1.165) is 25.7 Å². The Labute approximate surface area is 77.1 Å². The SMILES string of the molecule is [C-]1=CCC[C-]=CCC1.[Cl][Rh+2]. The average molecular weight is 245 g/mol. The Balaban J connectivity index is 0.000000371. The Morgan fingerprint density at radius 3 is 1.80 bits per heavy atom. The zero-order valence-corrected chi connectivity index (χ0v) is 8.09. The van der Waals surface area contributed by atoms with E-state index in [0.29, 0.717) is 0 Å². The van der Waals surface area contributed by atoms with Crippen LogP contribution in [0.1, 0.15) is 25.7 Å². The van der Waals surface area contributed by atoms with E-state index in [4.69, 9.17) is 0 Å². The van der Waals surface area contributed by atoms with E-state index in [2.05, 4.69) is 34.0 Å². The van der Waals surface area contributed by atoms with E-state index in [1.807, 2.05) is 17.3 Å². The maximum atomic E-state index is 4.53. The molecule has 0 unspecified atom stereocenters. The monoisotopic (exact) mass is 244 g/mol. The normalized spacial score (nSPS) is 16.6. The summed E-state index contributed by atoms with van der Waals surface area (Å²) in [6, 6.07) is 0. The predicted octanol–water partition coefficient (Wildman–Crippen LogP) is 2.97. The number of halogens is 1. The second kappa shape index (κ2) is 9.39. The molecular weight excluding hydrogens is 234 g/mol. The first kappa shape index (κ1) is 10.4. The molecule has 0 aliphatic heterocycles. The fourth-order valence-corrected chi connectivity index (χ4v) is 0.719. The summed E-state index contributed by atoms with van der Waals surface area (Å²) in [7, 11) is 4.53. The molecule has 0 aromatic rings. The fourth-order valence-electron chi connectivity index (χ4n) is 0.719. The Hall–Kier alpha value is 0.393. The Morgan fingerprint density at radius 2 is 1.40 bits per heavy atom. The molecule has 0 nitrogen and oxygen atoms in total. The van der Waals surface area contributed by atoms with Gasteiger partial charge in [-0.15, -0.1) is 0 Å². The van der Waals surface area contributed by atoms with Crippen LogP contribution in [0, 0.1) is 12.2 Å². The first-order valence-electron chi connectivity index (χ1n) is 3.23. The molecule has 0 N–H and O–H groups in total. The summed E-state index contributed by atoms with van der Waals surface area (Å²) in [4.78, 5) is 0. The van der Waals surface area contributed by atoms with Crippen LogP contribution in [-0.2, 0) is 17.3 Å². The number of hydrogen-bond donors (Lipinski definition) is 0. The molecule has 2 heteroatoms. The van der Waals surface area contributed by atoms with E-state index in [9.17, 15) is 0 Å². The fraction of sp³-hybridized carbons (Fsp3) is 0.500. The van der Waals surface area contributed by atoms with Crippen molar-refractivity contribution in [1.82, 2.24) is 0 Å². The van der Waals surface area contributed by atoms with Crippen LogP contribution < -0.4 is 0 Å². The summed E-state index contributed by atoms with van der Waals surface area (Å²) in [5, 5.41) is 0. The van der Waals surface area contributed by atoms with Crippen LogP contribution in [0.5, 0.6) is 0 Å². The molecule has 10 heavy (non-hydrogen) atoms. The molecule has 0 aromatic heterocycles. The topological polar surface area (TPSA) is 0 Å². The van der Waals surface area contributed by atoms with E-state index < -0.39 is 0 Å². The van der Waals surface area contributed by atoms with Crippen molar-refractivity contribution < 1.29 is 17.3 Å². The van der Waals surface area contributed by atoms with E-state index in [-0.39, 0.29) is 0 Å². The molecule has 1 aliphatic carbocycles. The van der Waals surface area contributed by atoms with Crippen LogP contribution in [0.25, 0.3) is 0 Å². The molecular formula is C8H10ClRh. The van der Waals surface area contributed by atoms with Gasteiger partial charge < -0.3 is 12.2 Å². The van der Waals surface area contributed by atoms with Crippen molar-refractivity contribution in [3.05, 3.63) is 24.3 Å². The Bertz CT molecular complexity index is 81.8. The van der Waals surface area contributed by atoms with Gasteiger partial charge in [0.2, 0.25) is 0 Å². The van der Waals surface area contributed by atoms with E-state index in [1.54, 1.807) is 0 Å². The van der Waals surface area contributed by atoms with Gasteiger partial charge >= 0.3 is 27.0 Å². The van der Waals surface area contributed by atoms with E-state index in [1.165, 1.54) is 0 Å². The third-order valence-electron chi connectivity index (χ3n) is 1.15. The number of allylic oxidation sites excluding steroid dienone is 4. The second-order valence-corrected chi connectivity index (χ2v) is 1.89. The van der Waals surface area contributed by atoms with Crippen molar-refractivity contribution in [3.8, 4) is 0 Å². The quantitative estimate of drug-likeness (QED) is 0.454. The van der Waals surface area contributed by atoms with Gasteiger partial charge in [-0.05, 0) is 0 Å². The molecule has 0 aromatic carbocycles. The first-order chi connectivity index (χ1) is 5.00. The molecule has 1 aliphatic rings. The summed E-state index contributed by atoms with van der Waals surface area (Å²) < 4.78 is 0. The molecule has 58 valence electrons. The van der Waals surface area contributed by atoms with Gasteiger partial charge in [-0.1, -0.05) is 12.8 Å². The average Bonchev–Trinajstić information content (AvgIpc) is 1.90. The maximum absolute atomic E-state index is 4.53. The van der Waals surface area contributed by atoms with Crippen molar-refractivity contribution in [3.63, 3.8) is 0 Å². The number of hydrogen-bond acceptors (Lipinski definition) is 0. The van der Waals surface area contributed by atoms with Crippen molar-refractivity contribution in [1.29, 1.82) is 0 Å². The van der Waals surface area contributed by atoms with Crippen molar-refractivity contribution in [2.75, 3.05) is 0 Å². The molecule has 0 saturated heterocycles. The van der Waals surface area contributed by atoms with Crippen LogP contribution in [0.3, 0.4) is 0 Å². The Kier molecular flexibility index (Phi) is 9.76. The zero-order valence-electron chi connectivity index (χ0n) is 5.69. The molecule has 1 rings (SSSR count). The standard InChI is InChI=1S/C8H10.ClH.Rh/c1-2-4-6-8-7-5-3-1;;/h1,8H,2,4-5,7H2;1H;/q-2;;+3/p-1. The van der Waals surface area contributed by atoms with Crippen LogP contribution >= 0.6 is 9.69 Å². The van der Waals surface area contributed by atoms with Gasteiger partial charge in [-0.2, -0.15) is 12.8 Å². The Morgan fingerprint density at radius 1 is 1.00 bits per heavy atom. The van der Waals surface area contributed by atoms with Crippen molar-refractivity contribution >= 4 is 9.69 Å². The van der Waals surface area contributed by atoms with Gasteiger partial charge in [-0.3, -0.25) is 12.2 Å². The molecule has 0 bridgehead atoms. The minimum absolute atomic E-state index is 1.08. The van der Waals surface area contributed by atoms with Gasteiger partial charge in [0.25, 0.3) is 0 Å². The van der Waals surface area contributed by atoms with Gasteiger partial charge in [0, 0.05) is 0 Å². The zero-order chi connectivity index (χ0) is 7.66. The van der Waals surface area contributed by atoms with Crippen LogP contribution in [-0.4, -0.2) is 0 Å². The van der Waals surface area contributed by atoms with Crippen LogP contribution in [0.2, 0.25) is 0 Å². The molecule has 0 saturated carbocycles. The van der Waals surface area contributed by atoms with Gasteiger partial charge in [0.15, 0.2) is 0 Å². The third-order valence-corrected chi connectivity index (χ3v) is 1.15.